The minimum Gasteiger partial charge on any atom is -0.382 e. The van der Waals surface area contributed by atoms with Crippen molar-refractivity contribution >= 4 is 0 Å². The molecule has 82 valence electrons. The van der Waals surface area contributed by atoms with Crippen LogP contribution in [-0.2, 0) is 0 Å². The molecule has 0 aliphatic carbocycles. The molecule has 1 nitrogen and oxygen atoms in total. The summed E-state index contributed by atoms with van der Waals surface area (Å²) in [6.07, 6.45) is -2.27. The first kappa shape index (κ1) is 11.9. The van der Waals surface area contributed by atoms with E-state index in [1.807, 2.05) is 0 Å². The lowest BCUT2D eigenvalue weighted by Gasteiger charge is -2.22. The number of halogens is 2. The smallest absolute Gasteiger partial charge is 0.281 e. The van der Waals surface area contributed by atoms with Crippen molar-refractivity contribution in [3.05, 3.63) is 48.0 Å². The zero-order chi connectivity index (χ0) is 11.5. The van der Waals surface area contributed by atoms with E-state index in [2.05, 4.69) is 6.58 Å². The van der Waals surface area contributed by atoms with Gasteiger partial charge in [0.2, 0.25) is 0 Å². The molecule has 0 aromatic heterocycles. The van der Waals surface area contributed by atoms with Crippen molar-refractivity contribution < 1.29 is 13.9 Å². The molecule has 0 saturated carbocycles. The van der Waals surface area contributed by atoms with Gasteiger partial charge in [0.05, 0.1) is 0 Å². The van der Waals surface area contributed by atoms with E-state index in [9.17, 15) is 13.9 Å². The molecule has 0 fully saturated rings. The Balaban J connectivity index is 2.84. The van der Waals surface area contributed by atoms with Crippen LogP contribution in [0.2, 0.25) is 0 Å². The fourth-order valence-electron chi connectivity index (χ4n) is 1.38. The van der Waals surface area contributed by atoms with Crippen LogP contribution >= 0.6 is 0 Å². The molecule has 1 aromatic carbocycles. The highest BCUT2D eigenvalue weighted by Crippen LogP contribution is 2.35. The van der Waals surface area contributed by atoms with Crippen molar-refractivity contribution in [2.45, 2.75) is 25.4 Å². The van der Waals surface area contributed by atoms with Gasteiger partial charge in [0, 0.05) is 6.42 Å². The molecule has 0 saturated heterocycles. The highest BCUT2D eigenvalue weighted by molar-refractivity contribution is 5.20. The largest absolute Gasteiger partial charge is 0.382 e. The zero-order valence-electron chi connectivity index (χ0n) is 8.58. The van der Waals surface area contributed by atoms with Crippen LogP contribution in [-0.4, -0.2) is 11.0 Å². The third-order valence-corrected chi connectivity index (χ3v) is 2.05. The molecular weight excluding hydrogens is 198 g/mol. The Kier molecular flexibility index (Phi) is 3.58. The zero-order valence-corrected chi connectivity index (χ0v) is 8.58. The summed E-state index contributed by atoms with van der Waals surface area (Å²) in [5.74, 6) is -3.16. The van der Waals surface area contributed by atoms with Crippen molar-refractivity contribution in [2.24, 2.45) is 0 Å². The number of aliphatic hydroxyl groups excluding tert-OH is 1. The second-order valence-electron chi connectivity index (χ2n) is 3.71. The van der Waals surface area contributed by atoms with Gasteiger partial charge >= 0.3 is 0 Å². The van der Waals surface area contributed by atoms with Crippen molar-refractivity contribution in [1.29, 1.82) is 0 Å². The molecule has 0 radical (unpaired) electrons. The average Bonchev–Trinajstić information content (AvgIpc) is 2.16. The van der Waals surface area contributed by atoms with Gasteiger partial charge in [0.15, 0.2) is 0 Å². The summed E-state index contributed by atoms with van der Waals surface area (Å²) in [4.78, 5) is 0. The number of rotatable bonds is 4. The first-order valence-electron chi connectivity index (χ1n) is 4.68. The van der Waals surface area contributed by atoms with Gasteiger partial charge in [-0.05, 0) is 12.5 Å². The van der Waals surface area contributed by atoms with Crippen LogP contribution in [0.1, 0.15) is 25.0 Å². The Bertz CT molecular complexity index is 333. The standard InChI is InChI=1S/C12H14F2O/c1-9(2)8-12(13,14)11(15)10-6-4-3-5-7-10/h3-7,11,15H,1,8H2,2H3/t11-/m0/s1. The first-order chi connectivity index (χ1) is 6.93. The van der Waals surface area contributed by atoms with Gasteiger partial charge in [0.25, 0.3) is 5.92 Å². The van der Waals surface area contributed by atoms with Crippen LogP contribution in [0, 0.1) is 0 Å². The molecule has 3 heteroatoms. The summed E-state index contributed by atoms with van der Waals surface area (Å²) >= 11 is 0. The number of hydrogen-bond acceptors (Lipinski definition) is 1. The normalized spacial score (nSPS) is 13.6. The molecule has 15 heavy (non-hydrogen) atoms. The molecule has 0 aliphatic rings. The predicted octanol–water partition coefficient (Wildman–Crippen LogP) is 3.32. The molecule has 1 atom stereocenters. The van der Waals surface area contributed by atoms with Crippen LogP contribution < -0.4 is 0 Å². The van der Waals surface area contributed by atoms with E-state index >= 15 is 0 Å². The van der Waals surface area contributed by atoms with Crippen LogP contribution in [0.3, 0.4) is 0 Å². The van der Waals surface area contributed by atoms with E-state index in [1.165, 1.54) is 19.1 Å². The Labute approximate surface area is 88.1 Å². The Hall–Kier alpha value is -1.22. The number of hydrogen-bond donors (Lipinski definition) is 1. The number of benzene rings is 1. The summed E-state index contributed by atoms with van der Waals surface area (Å²) in [5, 5.41) is 9.51. The minimum atomic E-state index is -3.16. The molecule has 1 aromatic rings. The molecule has 0 heterocycles. The third kappa shape index (κ3) is 3.13. The van der Waals surface area contributed by atoms with Crippen molar-refractivity contribution in [2.75, 3.05) is 0 Å². The van der Waals surface area contributed by atoms with Gasteiger partial charge in [-0.15, -0.1) is 0 Å². The van der Waals surface area contributed by atoms with Gasteiger partial charge < -0.3 is 5.11 Å². The van der Waals surface area contributed by atoms with Crippen LogP contribution in [0.15, 0.2) is 42.5 Å². The summed E-state index contributed by atoms with van der Waals surface area (Å²) < 4.78 is 26.9. The van der Waals surface area contributed by atoms with Crippen LogP contribution in [0.4, 0.5) is 8.78 Å². The van der Waals surface area contributed by atoms with Crippen molar-refractivity contribution in [1.82, 2.24) is 0 Å². The Morgan fingerprint density at radius 2 is 1.93 bits per heavy atom. The van der Waals surface area contributed by atoms with Gasteiger partial charge in [-0.2, -0.15) is 0 Å². The van der Waals surface area contributed by atoms with E-state index in [-0.39, 0.29) is 5.56 Å². The van der Waals surface area contributed by atoms with E-state index in [0.29, 0.717) is 5.57 Å². The van der Waals surface area contributed by atoms with Gasteiger partial charge in [-0.3, -0.25) is 0 Å². The number of alkyl halides is 2. The minimum absolute atomic E-state index is 0.226. The Morgan fingerprint density at radius 3 is 2.40 bits per heavy atom. The van der Waals surface area contributed by atoms with E-state index < -0.39 is 18.4 Å². The fourth-order valence-corrected chi connectivity index (χ4v) is 1.38. The van der Waals surface area contributed by atoms with E-state index in [0.717, 1.165) is 0 Å². The van der Waals surface area contributed by atoms with Gasteiger partial charge in [-0.1, -0.05) is 42.5 Å². The molecule has 0 unspecified atom stereocenters. The lowest BCUT2D eigenvalue weighted by atomic mass is 9.99. The summed E-state index contributed by atoms with van der Waals surface area (Å²) in [7, 11) is 0. The fraction of sp³-hybridized carbons (Fsp3) is 0.333. The summed E-state index contributed by atoms with van der Waals surface area (Å²) in [5.41, 5.74) is 0.582. The van der Waals surface area contributed by atoms with Crippen molar-refractivity contribution in [3.8, 4) is 0 Å². The van der Waals surface area contributed by atoms with Crippen LogP contribution in [0.5, 0.6) is 0 Å². The highest BCUT2D eigenvalue weighted by atomic mass is 19.3. The number of allylic oxidation sites excluding steroid dienone is 1. The lowest BCUT2D eigenvalue weighted by Crippen LogP contribution is -2.26. The molecule has 0 aliphatic heterocycles. The first-order valence-corrected chi connectivity index (χ1v) is 4.68. The van der Waals surface area contributed by atoms with Crippen molar-refractivity contribution in [3.63, 3.8) is 0 Å². The third-order valence-electron chi connectivity index (χ3n) is 2.05. The van der Waals surface area contributed by atoms with Crippen LogP contribution in [0.25, 0.3) is 0 Å². The SMILES string of the molecule is C=C(C)CC(F)(F)[C@@H](O)c1ccccc1. The molecule has 0 spiro atoms. The topological polar surface area (TPSA) is 20.2 Å². The lowest BCUT2D eigenvalue weighted by molar-refractivity contribution is -0.109. The maximum Gasteiger partial charge on any atom is 0.281 e. The summed E-state index contributed by atoms with van der Waals surface area (Å²) in [6, 6.07) is 7.92. The van der Waals surface area contributed by atoms with E-state index in [1.54, 1.807) is 18.2 Å². The highest BCUT2D eigenvalue weighted by Gasteiger charge is 2.38. The second kappa shape index (κ2) is 4.53. The molecule has 1 N–H and O–H groups in total. The average molecular weight is 212 g/mol. The molecule has 0 amide bonds. The maximum absolute atomic E-state index is 13.4. The Morgan fingerprint density at radius 1 is 1.40 bits per heavy atom. The van der Waals surface area contributed by atoms with E-state index in [4.69, 9.17) is 0 Å². The van der Waals surface area contributed by atoms with Gasteiger partial charge in [0.1, 0.15) is 6.10 Å². The molecule has 1 rings (SSSR count). The quantitative estimate of drug-likeness (QED) is 0.759. The maximum atomic E-state index is 13.4. The monoisotopic (exact) mass is 212 g/mol. The van der Waals surface area contributed by atoms with Gasteiger partial charge in [-0.25, -0.2) is 8.78 Å². The molecule has 0 bridgehead atoms. The number of aliphatic hydroxyl groups is 1. The molecular formula is C12H14F2O. The predicted molar refractivity (Wildman–Crippen MR) is 55.8 cm³/mol. The second-order valence-corrected chi connectivity index (χ2v) is 3.71. The summed E-state index contributed by atoms with van der Waals surface area (Å²) in [6.45, 7) is 4.94.